The van der Waals surface area contributed by atoms with Gasteiger partial charge in [0.25, 0.3) is 5.91 Å². The van der Waals surface area contributed by atoms with Crippen molar-refractivity contribution in [1.82, 2.24) is 14.8 Å². The van der Waals surface area contributed by atoms with E-state index >= 15 is 0 Å². The Morgan fingerprint density at radius 1 is 1.28 bits per heavy atom. The summed E-state index contributed by atoms with van der Waals surface area (Å²) in [7, 11) is 0. The molecule has 7 heteroatoms. The van der Waals surface area contributed by atoms with Gasteiger partial charge in [0, 0.05) is 25.8 Å². The van der Waals surface area contributed by atoms with E-state index in [9.17, 15) is 9.59 Å². The topological polar surface area (TPSA) is 72.0 Å². The first-order valence-corrected chi connectivity index (χ1v) is 9.83. The van der Waals surface area contributed by atoms with Gasteiger partial charge in [-0.1, -0.05) is 30.3 Å². The smallest absolute Gasteiger partial charge is 0.260 e. The molecular formula is C22H25N3O4. The summed E-state index contributed by atoms with van der Waals surface area (Å²) in [4.78, 5) is 33.0. The fraction of sp³-hybridized carbons (Fsp3) is 0.409. The number of likely N-dealkylation sites (tertiary alicyclic amines) is 1. The quantitative estimate of drug-likeness (QED) is 0.773. The summed E-state index contributed by atoms with van der Waals surface area (Å²) in [6.45, 7) is 3.59. The van der Waals surface area contributed by atoms with Crippen molar-refractivity contribution in [3.63, 3.8) is 0 Å². The summed E-state index contributed by atoms with van der Waals surface area (Å²) < 4.78 is 11.5. The van der Waals surface area contributed by atoms with Crippen molar-refractivity contribution in [3.05, 3.63) is 60.4 Å². The molecule has 0 saturated carbocycles. The van der Waals surface area contributed by atoms with Gasteiger partial charge in [-0.2, -0.15) is 0 Å². The zero-order valence-electron chi connectivity index (χ0n) is 16.5. The van der Waals surface area contributed by atoms with Crippen LogP contribution in [0, 0.1) is 0 Å². The predicted molar refractivity (Wildman–Crippen MR) is 106 cm³/mol. The van der Waals surface area contributed by atoms with E-state index in [-0.39, 0.29) is 31.1 Å². The highest BCUT2D eigenvalue weighted by Gasteiger charge is 2.49. The van der Waals surface area contributed by atoms with Crippen LogP contribution in [0.25, 0.3) is 0 Å². The highest BCUT2D eigenvalue weighted by molar-refractivity contribution is 5.80. The maximum absolute atomic E-state index is 12.7. The van der Waals surface area contributed by atoms with E-state index in [0.29, 0.717) is 31.8 Å². The number of rotatable bonds is 5. The van der Waals surface area contributed by atoms with E-state index < -0.39 is 5.60 Å². The molecule has 0 radical (unpaired) electrons. The van der Waals surface area contributed by atoms with Gasteiger partial charge in [0.05, 0.1) is 17.8 Å². The number of piperidine rings is 1. The van der Waals surface area contributed by atoms with E-state index in [1.54, 1.807) is 29.4 Å². The lowest BCUT2D eigenvalue weighted by molar-refractivity contribution is -0.190. The number of carbonyl (C=O) groups is 2. The number of benzene rings is 1. The molecule has 2 fully saturated rings. The third kappa shape index (κ3) is 4.24. The van der Waals surface area contributed by atoms with Gasteiger partial charge in [-0.25, -0.2) is 0 Å². The van der Waals surface area contributed by atoms with E-state index in [1.807, 2.05) is 42.2 Å². The molecule has 2 aliphatic rings. The van der Waals surface area contributed by atoms with Crippen LogP contribution < -0.4 is 4.74 Å². The van der Waals surface area contributed by atoms with Gasteiger partial charge >= 0.3 is 0 Å². The zero-order valence-corrected chi connectivity index (χ0v) is 16.5. The fourth-order valence-corrected chi connectivity index (χ4v) is 3.97. The molecule has 2 amide bonds. The average Bonchev–Trinajstić information content (AvgIpc) is 2.76. The van der Waals surface area contributed by atoms with Crippen LogP contribution in [0.2, 0.25) is 0 Å². The number of pyridine rings is 1. The largest absolute Gasteiger partial charge is 0.482 e. The Labute approximate surface area is 170 Å². The average molecular weight is 395 g/mol. The second-order valence-electron chi connectivity index (χ2n) is 7.69. The lowest BCUT2D eigenvalue weighted by Gasteiger charge is -2.52. The number of ether oxygens (including phenoxy) is 2. The Hall–Kier alpha value is -2.93. The standard InChI is InChI=1S/C22H25N3O4/c1-22-9-11-24(20(26)15-28-18-8-5-10-23-12-18)14-19(22)25(21(27)16-29-22)13-17-6-3-2-4-7-17/h2-8,10,12,19H,9,11,13-16H2,1H3/t19-,22-/m1/s1. The third-order valence-corrected chi connectivity index (χ3v) is 5.74. The summed E-state index contributed by atoms with van der Waals surface area (Å²) in [6.07, 6.45) is 3.91. The summed E-state index contributed by atoms with van der Waals surface area (Å²) in [5.74, 6) is 0.412. The number of nitrogens with zero attached hydrogens (tertiary/aromatic N) is 3. The fourth-order valence-electron chi connectivity index (χ4n) is 3.97. The van der Waals surface area contributed by atoms with Crippen LogP contribution in [-0.4, -0.2) is 64.5 Å². The second-order valence-corrected chi connectivity index (χ2v) is 7.69. The van der Waals surface area contributed by atoms with Crippen LogP contribution in [0.5, 0.6) is 5.75 Å². The Morgan fingerprint density at radius 2 is 2.10 bits per heavy atom. The van der Waals surface area contributed by atoms with Crippen LogP contribution in [0.15, 0.2) is 54.9 Å². The van der Waals surface area contributed by atoms with Crippen molar-refractivity contribution in [2.24, 2.45) is 0 Å². The highest BCUT2D eigenvalue weighted by atomic mass is 16.5. The Balaban J connectivity index is 1.45. The van der Waals surface area contributed by atoms with Crippen molar-refractivity contribution >= 4 is 11.8 Å². The van der Waals surface area contributed by atoms with Crippen molar-refractivity contribution in [2.45, 2.75) is 31.5 Å². The summed E-state index contributed by atoms with van der Waals surface area (Å²) >= 11 is 0. The molecule has 152 valence electrons. The minimum atomic E-state index is -0.455. The number of carbonyl (C=O) groups excluding carboxylic acids is 2. The molecule has 0 aliphatic carbocycles. The molecule has 4 rings (SSSR count). The van der Waals surface area contributed by atoms with Crippen molar-refractivity contribution < 1.29 is 19.1 Å². The van der Waals surface area contributed by atoms with Gasteiger partial charge in [-0.05, 0) is 31.0 Å². The van der Waals surface area contributed by atoms with Gasteiger partial charge in [-0.15, -0.1) is 0 Å². The van der Waals surface area contributed by atoms with E-state index in [1.165, 1.54) is 0 Å². The number of morpholine rings is 1. The molecule has 0 N–H and O–H groups in total. The number of fused-ring (bicyclic) bond motifs is 1. The molecule has 3 heterocycles. The van der Waals surface area contributed by atoms with Crippen LogP contribution in [0.3, 0.4) is 0 Å². The second kappa shape index (κ2) is 8.21. The third-order valence-electron chi connectivity index (χ3n) is 5.74. The molecule has 2 aliphatic heterocycles. The minimum absolute atomic E-state index is 0.0442. The van der Waals surface area contributed by atoms with Crippen molar-refractivity contribution in [3.8, 4) is 5.75 Å². The molecule has 0 unspecified atom stereocenters. The summed E-state index contributed by atoms with van der Waals surface area (Å²) in [6, 6.07) is 13.2. The number of hydrogen-bond acceptors (Lipinski definition) is 5. The Bertz CT molecular complexity index is 861. The summed E-state index contributed by atoms with van der Waals surface area (Å²) in [5, 5.41) is 0. The lowest BCUT2D eigenvalue weighted by atomic mass is 9.85. The Kier molecular flexibility index (Phi) is 5.49. The zero-order chi connectivity index (χ0) is 20.3. The highest BCUT2D eigenvalue weighted by Crippen LogP contribution is 2.34. The first-order chi connectivity index (χ1) is 14.0. The lowest BCUT2D eigenvalue weighted by Crippen LogP contribution is -2.67. The van der Waals surface area contributed by atoms with Gasteiger partial charge in [0.1, 0.15) is 12.4 Å². The normalized spacial score (nSPS) is 24.2. The van der Waals surface area contributed by atoms with Crippen molar-refractivity contribution in [1.29, 1.82) is 0 Å². The van der Waals surface area contributed by atoms with Crippen LogP contribution in [-0.2, 0) is 20.9 Å². The SMILES string of the molecule is C[C@@]12CCN(C(=O)COc3cccnc3)C[C@H]1N(Cc1ccccc1)C(=O)CO2. The first kappa shape index (κ1) is 19.4. The van der Waals surface area contributed by atoms with Crippen LogP contribution >= 0.6 is 0 Å². The van der Waals surface area contributed by atoms with E-state index in [2.05, 4.69) is 4.98 Å². The molecule has 1 aromatic heterocycles. The van der Waals surface area contributed by atoms with Gasteiger partial charge in [0.2, 0.25) is 5.91 Å². The molecule has 0 bridgehead atoms. The number of aromatic nitrogens is 1. The van der Waals surface area contributed by atoms with Gasteiger partial charge in [0.15, 0.2) is 6.61 Å². The maximum atomic E-state index is 12.7. The summed E-state index contributed by atoms with van der Waals surface area (Å²) in [5.41, 5.74) is 0.609. The maximum Gasteiger partial charge on any atom is 0.260 e. The monoisotopic (exact) mass is 395 g/mol. The van der Waals surface area contributed by atoms with Crippen LogP contribution in [0.1, 0.15) is 18.9 Å². The molecule has 2 saturated heterocycles. The van der Waals surface area contributed by atoms with E-state index in [0.717, 1.165) is 5.56 Å². The van der Waals surface area contributed by atoms with E-state index in [4.69, 9.17) is 9.47 Å². The molecular weight excluding hydrogens is 370 g/mol. The number of amides is 2. The molecule has 7 nitrogen and oxygen atoms in total. The molecule has 0 spiro atoms. The minimum Gasteiger partial charge on any atom is -0.482 e. The van der Waals surface area contributed by atoms with Crippen LogP contribution in [0.4, 0.5) is 0 Å². The first-order valence-electron chi connectivity index (χ1n) is 9.83. The Morgan fingerprint density at radius 3 is 2.86 bits per heavy atom. The van der Waals surface area contributed by atoms with Gasteiger partial charge in [-0.3, -0.25) is 14.6 Å². The molecule has 2 aromatic rings. The number of hydrogen-bond donors (Lipinski definition) is 0. The molecule has 2 atom stereocenters. The molecule has 29 heavy (non-hydrogen) atoms. The van der Waals surface area contributed by atoms with Crippen molar-refractivity contribution in [2.75, 3.05) is 26.3 Å². The molecule has 1 aromatic carbocycles. The van der Waals surface area contributed by atoms with Gasteiger partial charge < -0.3 is 19.3 Å². The predicted octanol–water partition coefficient (Wildman–Crippen LogP) is 1.88.